The van der Waals surface area contributed by atoms with E-state index in [4.69, 9.17) is 0 Å². The fourth-order valence-electron chi connectivity index (χ4n) is 2.19. The maximum Gasteiger partial charge on any atom is 0.0705 e. The molecule has 89 valence electrons. The predicted molar refractivity (Wildman–Crippen MR) is 73.5 cm³/mol. The van der Waals surface area contributed by atoms with E-state index in [9.17, 15) is 0 Å². The molecule has 0 amide bonds. The first-order chi connectivity index (χ1) is 8.42. The number of hydrogen-bond donors (Lipinski definition) is 0. The lowest BCUT2D eigenvalue weighted by Crippen LogP contribution is -1.98. The van der Waals surface area contributed by atoms with E-state index in [0.29, 0.717) is 0 Å². The highest BCUT2D eigenvalue weighted by Gasteiger charge is 2.08. The first-order valence-electron chi connectivity index (χ1n) is 6.58. The second kappa shape index (κ2) is 6.29. The number of unbranched alkanes of at least 4 members (excludes halogenated alkanes) is 3. The molecule has 1 heterocycles. The summed E-state index contributed by atoms with van der Waals surface area (Å²) in [6, 6.07) is 8.63. The summed E-state index contributed by atoms with van der Waals surface area (Å²) in [6.07, 6.45) is 12.4. The fourth-order valence-corrected chi connectivity index (χ4v) is 2.19. The van der Waals surface area contributed by atoms with Crippen molar-refractivity contribution in [2.75, 3.05) is 0 Å². The normalized spacial score (nSPS) is 13.6. The Hall–Kier alpha value is -1.50. The molecule has 1 aromatic carbocycles. The Morgan fingerprint density at radius 1 is 1.06 bits per heavy atom. The average molecular weight is 226 g/mol. The van der Waals surface area contributed by atoms with E-state index < -0.39 is 0 Å². The first-order valence-corrected chi connectivity index (χ1v) is 6.58. The molecule has 0 fully saturated rings. The summed E-state index contributed by atoms with van der Waals surface area (Å²) in [6.45, 7) is 2.25. The first kappa shape index (κ1) is 12.0. The second-order valence-corrected chi connectivity index (χ2v) is 4.49. The van der Waals surface area contributed by atoms with Crippen LogP contribution in [0.5, 0.6) is 0 Å². The van der Waals surface area contributed by atoms with Gasteiger partial charge in [0.05, 0.1) is 5.70 Å². The van der Waals surface area contributed by atoms with Crippen LogP contribution in [0.4, 0.5) is 0 Å². The second-order valence-electron chi connectivity index (χ2n) is 4.49. The van der Waals surface area contributed by atoms with Crippen LogP contribution in [0.1, 0.15) is 43.7 Å². The summed E-state index contributed by atoms with van der Waals surface area (Å²) in [5.41, 5.74) is 3.84. The minimum atomic E-state index is 1.11. The van der Waals surface area contributed by atoms with Crippen LogP contribution in [0.15, 0.2) is 42.6 Å². The van der Waals surface area contributed by atoms with Crippen molar-refractivity contribution in [2.24, 2.45) is 0 Å². The fraction of sp³-hybridized carbons (Fsp3) is 0.375. The van der Waals surface area contributed by atoms with Gasteiger partial charge in [-0.15, -0.1) is 0 Å². The van der Waals surface area contributed by atoms with Crippen LogP contribution in [-0.2, 0) is 6.42 Å². The van der Waals surface area contributed by atoms with E-state index in [0.717, 1.165) is 5.70 Å². The average Bonchev–Trinajstić information content (AvgIpc) is 2.89. The van der Waals surface area contributed by atoms with Crippen LogP contribution in [0.25, 0.3) is 5.70 Å². The molecule has 0 aliphatic carbocycles. The number of benzene rings is 1. The summed E-state index contributed by atoms with van der Waals surface area (Å²) in [5, 5.41) is 4.39. The lowest BCUT2D eigenvalue weighted by Gasteiger charge is -2.09. The molecular formula is C16H20N. The van der Waals surface area contributed by atoms with Gasteiger partial charge in [-0.2, -0.15) is 0 Å². The third-order valence-corrected chi connectivity index (χ3v) is 3.15. The maximum absolute atomic E-state index is 4.39. The molecule has 1 radical (unpaired) electrons. The summed E-state index contributed by atoms with van der Waals surface area (Å²) >= 11 is 0. The van der Waals surface area contributed by atoms with Crippen molar-refractivity contribution in [1.82, 2.24) is 5.32 Å². The van der Waals surface area contributed by atoms with E-state index in [1.807, 2.05) is 12.3 Å². The summed E-state index contributed by atoms with van der Waals surface area (Å²) in [4.78, 5) is 0. The number of hydrogen-bond acceptors (Lipinski definition) is 0. The van der Waals surface area contributed by atoms with Crippen molar-refractivity contribution in [3.8, 4) is 0 Å². The standard InChI is InChI=1S/C16H20N/c1-2-3-4-5-9-14-10-6-7-11-15(14)16-12-8-13-17-16/h6-8,10-13H,2-5,9H2,1H3. The Morgan fingerprint density at radius 3 is 2.71 bits per heavy atom. The SMILES string of the molecule is CCCCCCc1ccccc1C1=CC=C[N]1. The van der Waals surface area contributed by atoms with Crippen LogP contribution < -0.4 is 5.32 Å². The van der Waals surface area contributed by atoms with Gasteiger partial charge >= 0.3 is 0 Å². The molecule has 0 bridgehead atoms. The zero-order chi connectivity index (χ0) is 11.9. The molecule has 17 heavy (non-hydrogen) atoms. The van der Waals surface area contributed by atoms with Crippen molar-refractivity contribution in [3.63, 3.8) is 0 Å². The third kappa shape index (κ3) is 3.23. The van der Waals surface area contributed by atoms with Gasteiger partial charge in [0.25, 0.3) is 0 Å². The van der Waals surface area contributed by atoms with Crippen molar-refractivity contribution in [1.29, 1.82) is 0 Å². The van der Waals surface area contributed by atoms with Crippen LogP contribution >= 0.6 is 0 Å². The van der Waals surface area contributed by atoms with E-state index in [2.05, 4.69) is 42.6 Å². The van der Waals surface area contributed by atoms with Gasteiger partial charge in [-0.25, -0.2) is 0 Å². The van der Waals surface area contributed by atoms with Crippen LogP contribution in [-0.4, -0.2) is 0 Å². The zero-order valence-electron chi connectivity index (χ0n) is 10.5. The Bertz CT molecular complexity index is 415. The van der Waals surface area contributed by atoms with E-state index in [1.165, 1.54) is 43.2 Å². The van der Waals surface area contributed by atoms with Crippen molar-refractivity contribution in [3.05, 3.63) is 53.7 Å². The van der Waals surface area contributed by atoms with Gasteiger partial charge in [0.2, 0.25) is 0 Å². The molecule has 1 aliphatic rings. The van der Waals surface area contributed by atoms with Crippen LogP contribution in [0.3, 0.4) is 0 Å². The Morgan fingerprint density at radius 2 is 1.94 bits per heavy atom. The molecular weight excluding hydrogens is 206 g/mol. The van der Waals surface area contributed by atoms with E-state index in [-0.39, 0.29) is 0 Å². The molecule has 0 spiro atoms. The molecule has 0 aromatic heterocycles. The van der Waals surface area contributed by atoms with E-state index in [1.54, 1.807) is 0 Å². The van der Waals surface area contributed by atoms with Crippen molar-refractivity contribution >= 4 is 5.70 Å². The molecule has 1 heteroatoms. The van der Waals surface area contributed by atoms with Gasteiger partial charge in [0, 0.05) is 11.8 Å². The summed E-state index contributed by atoms with van der Waals surface area (Å²) in [7, 11) is 0. The third-order valence-electron chi connectivity index (χ3n) is 3.15. The number of aryl methyl sites for hydroxylation is 1. The molecule has 1 aromatic rings. The highest BCUT2D eigenvalue weighted by Crippen LogP contribution is 2.22. The topological polar surface area (TPSA) is 14.1 Å². The largest absolute Gasteiger partial charge is 0.256 e. The number of rotatable bonds is 6. The molecule has 0 N–H and O–H groups in total. The highest BCUT2D eigenvalue weighted by atomic mass is 14.9. The lowest BCUT2D eigenvalue weighted by molar-refractivity contribution is 0.666. The monoisotopic (exact) mass is 226 g/mol. The molecule has 0 atom stereocenters. The van der Waals surface area contributed by atoms with Gasteiger partial charge in [0.1, 0.15) is 0 Å². The Balaban J connectivity index is 2.01. The molecule has 1 nitrogen and oxygen atoms in total. The molecule has 2 rings (SSSR count). The Kier molecular flexibility index (Phi) is 4.43. The lowest BCUT2D eigenvalue weighted by atomic mass is 9.99. The van der Waals surface area contributed by atoms with Gasteiger partial charge in [-0.3, -0.25) is 5.32 Å². The smallest absolute Gasteiger partial charge is 0.0705 e. The predicted octanol–water partition coefficient (Wildman–Crippen LogP) is 4.28. The molecule has 0 saturated heterocycles. The minimum absolute atomic E-state index is 1.11. The van der Waals surface area contributed by atoms with Crippen LogP contribution in [0, 0.1) is 0 Å². The zero-order valence-corrected chi connectivity index (χ0v) is 10.5. The van der Waals surface area contributed by atoms with Gasteiger partial charge in [-0.05, 0) is 30.6 Å². The maximum atomic E-state index is 4.39. The molecule has 1 aliphatic heterocycles. The molecule has 0 saturated carbocycles. The highest BCUT2D eigenvalue weighted by molar-refractivity contribution is 5.70. The number of nitrogens with zero attached hydrogens (tertiary/aromatic N) is 1. The minimum Gasteiger partial charge on any atom is -0.256 e. The van der Waals surface area contributed by atoms with Crippen molar-refractivity contribution < 1.29 is 0 Å². The quantitative estimate of drug-likeness (QED) is 0.643. The van der Waals surface area contributed by atoms with Gasteiger partial charge < -0.3 is 0 Å². The number of allylic oxidation sites excluding steroid dienone is 2. The van der Waals surface area contributed by atoms with Gasteiger partial charge in [-0.1, -0.05) is 50.5 Å². The molecule has 0 unspecified atom stereocenters. The van der Waals surface area contributed by atoms with Crippen LogP contribution in [0.2, 0.25) is 0 Å². The van der Waals surface area contributed by atoms with Crippen molar-refractivity contribution in [2.45, 2.75) is 39.0 Å². The van der Waals surface area contributed by atoms with Gasteiger partial charge in [0.15, 0.2) is 0 Å². The van der Waals surface area contributed by atoms with E-state index >= 15 is 0 Å². The summed E-state index contributed by atoms with van der Waals surface area (Å²) < 4.78 is 0. The summed E-state index contributed by atoms with van der Waals surface area (Å²) in [5.74, 6) is 0. The Labute approximate surface area is 104 Å².